The number of thiazole rings is 1. The Kier molecular flexibility index (Phi) is 11.4. The average Bonchev–Trinajstić information content (AvgIpc) is 3.31. The quantitative estimate of drug-likeness (QED) is 0.496. The average molecular weight is 578 g/mol. The SMILES string of the molecule is COCC1CN(Cc2csc(C)n2)CC12CCN(C1CCC1)CC2.O=C(O)C(F)(F)F.O=C(O)C(F)(F)F. The van der Waals surface area contributed by atoms with Gasteiger partial charge in [-0.1, -0.05) is 6.42 Å². The number of methoxy groups -OCH3 is 1. The molecule has 15 heteroatoms. The van der Waals surface area contributed by atoms with Gasteiger partial charge in [0.1, 0.15) is 0 Å². The highest BCUT2D eigenvalue weighted by atomic mass is 32.1. The van der Waals surface area contributed by atoms with Gasteiger partial charge in [-0.25, -0.2) is 14.6 Å². The Morgan fingerprint density at radius 2 is 1.63 bits per heavy atom. The van der Waals surface area contributed by atoms with E-state index in [0.29, 0.717) is 11.3 Å². The minimum absolute atomic E-state index is 0.474. The minimum atomic E-state index is -5.08. The number of aliphatic carboxylic acids is 2. The monoisotopic (exact) mass is 577 g/mol. The molecule has 2 saturated heterocycles. The standard InChI is InChI=1S/C19H31N3OS.2C2HF3O2/c1-15-20-17(13-24-15)11-21-10-16(12-23-2)19(14-21)6-8-22(9-7-19)18-4-3-5-18;2*3-2(4,5)1(6)7/h13,16,18H,3-12,14H2,1-2H3;2*(H,6,7). The van der Waals surface area contributed by atoms with Crippen molar-refractivity contribution in [1.82, 2.24) is 14.8 Å². The molecule has 218 valence electrons. The summed E-state index contributed by atoms with van der Waals surface area (Å²) in [6.07, 6.45) is -3.15. The lowest BCUT2D eigenvalue weighted by atomic mass is 9.70. The third-order valence-corrected chi connectivity index (χ3v) is 8.00. The van der Waals surface area contributed by atoms with Crippen molar-refractivity contribution in [1.29, 1.82) is 0 Å². The van der Waals surface area contributed by atoms with Crippen molar-refractivity contribution in [3.63, 3.8) is 0 Å². The number of likely N-dealkylation sites (tertiary alicyclic amines) is 2. The van der Waals surface area contributed by atoms with Gasteiger partial charge >= 0.3 is 24.3 Å². The fraction of sp³-hybridized carbons (Fsp3) is 0.783. The first kappa shape index (κ1) is 32.2. The number of nitrogens with zero attached hydrogens (tertiary/aromatic N) is 3. The van der Waals surface area contributed by atoms with Gasteiger partial charge in [-0.05, 0) is 51.1 Å². The van der Waals surface area contributed by atoms with Crippen LogP contribution >= 0.6 is 11.3 Å². The van der Waals surface area contributed by atoms with E-state index in [0.717, 1.165) is 19.2 Å². The van der Waals surface area contributed by atoms with Crippen LogP contribution in [0, 0.1) is 18.3 Å². The molecule has 3 aliphatic rings. The van der Waals surface area contributed by atoms with E-state index in [-0.39, 0.29) is 0 Å². The molecule has 3 heterocycles. The lowest BCUT2D eigenvalue weighted by Gasteiger charge is -2.47. The van der Waals surface area contributed by atoms with E-state index in [2.05, 4.69) is 27.1 Å². The molecule has 0 aromatic carbocycles. The van der Waals surface area contributed by atoms with E-state index in [9.17, 15) is 26.3 Å². The molecule has 3 fully saturated rings. The first-order valence-corrected chi connectivity index (χ1v) is 12.9. The van der Waals surface area contributed by atoms with Crippen LogP contribution in [0.4, 0.5) is 26.3 Å². The number of carboxylic acid groups (broad SMARTS) is 2. The van der Waals surface area contributed by atoms with Crippen LogP contribution in [-0.2, 0) is 20.9 Å². The minimum Gasteiger partial charge on any atom is -0.475 e. The molecular formula is C23H33F6N3O5S. The third-order valence-electron chi connectivity index (χ3n) is 7.17. The van der Waals surface area contributed by atoms with Gasteiger partial charge in [0.15, 0.2) is 0 Å². The zero-order valence-electron chi connectivity index (χ0n) is 21.1. The zero-order chi connectivity index (χ0) is 28.7. The highest BCUT2D eigenvalue weighted by Gasteiger charge is 2.48. The van der Waals surface area contributed by atoms with E-state index in [1.165, 1.54) is 69.0 Å². The Morgan fingerprint density at radius 1 is 1.11 bits per heavy atom. The van der Waals surface area contributed by atoms with Crippen molar-refractivity contribution in [2.24, 2.45) is 11.3 Å². The van der Waals surface area contributed by atoms with Crippen molar-refractivity contribution in [2.45, 2.75) is 64.0 Å². The molecule has 2 N–H and O–H groups in total. The van der Waals surface area contributed by atoms with Gasteiger partial charge < -0.3 is 19.8 Å². The number of hydrogen-bond acceptors (Lipinski definition) is 7. The first-order chi connectivity index (χ1) is 17.6. The maximum atomic E-state index is 10.6. The number of hydrogen-bond donors (Lipinski definition) is 2. The summed E-state index contributed by atoms with van der Waals surface area (Å²) in [5, 5.41) is 17.7. The Hall–Kier alpha value is -1.97. The summed E-state index contributed by atoms with van der Waals surface area (Å²) in [6, 6.07) is 0.902. The first-order valence-electron chi connectivity index (χ1n) is 12.0. The van der Waals surface area contributed by atoms with Crippen molar-refractivity contribution in [2.75, 3.05) is 39.9 Å². The molecule has 1 spiro atoms. The van der Waals surface area contributed by atoms with Crippen LogP contribution in [0.15, 0.2) is 5.38 Å². The summed E-state index contributed by atoms with van der Waals surface area (Å²) in [7, 11) is 1.86. The third kappa shape index (κ3) is 9.35. The predicted octanol–water partition coefficient (Wildman–Crippen LogP) is 4.43. The number of rotatable bonds is 5. The maximum absolute atomic E-state index is 10.6. The molecule has 1 atom stereocenters. The Bertz CT molecular complexity index is 890. The van der Waals surface area contributed by atoms with Crippen LogP contribution < -0.4 is 0 Å². The van der Waals surface area contributed by atoms with Crippen LogP contribution in [0.2, 0.25) is 0 Å². The van der Waals surface area contributed by atoms with Gasteiger partial charge in [0.2, 0.25) is 0 Å². The molecule has 1 unspecified atom stereocenters. The summed E-state index contributed by atoms with van der Waals surface area (Å²) >= 11 is 1.77. The fourth-order valence-corrected chi connectivity index (χ4v) is 5.66. The van der Waals surface area contributed by atoms with E-state index < -0.39 is 24.3 Å². The Morgan fingerprint density at radius 3 is 2.00 bits per heavy atom. The fourth-order valence-electron chi connectivity index (χ4n) is 5.06. The Labute approximate surface area is 220 Å². The van der Waals surface area contributed by atoms with Crippen molar-refractivity contribution < 1.29 is 50.9 Å². The van der Waals surface area contributed by atoms with Crippen LogP contribution in [0.5, 0.6) is 0 Å². The second kappa shape index (κ2) is 13.4. The summed E-state index contributed by atoms with van der Waals surface area (Å²) in [6.45, 7) is 9.03. The van der Waals surface area contributed by atoms with Crippen LogP contribution in [0.25, 0.3) is 0 Å². The summed E-state index contributed by atoms with van der Waals surface area (Å²) in [5.41, 5.74) is 1.72. The number of aryl methyl sites for hydroxylation is 1. The topological polar surface area (TPSA) is 103 Å². The van der Waals surface area contributed by atoms with E-state index in [1.807, 2.05) is 7.11 Å². The molecule has 1 aliphatic carbocycles. The predicted molar refractivity (Wildman–Crippen MR) is 126 cm³/mol. The van der Waals surface area contributed by atoms with Gasteiger partial charge in [-0.3, -0.25) is 4.90 Å². The van der Waals surface area contributed by atoms with E-state index in [4.69, 9.17) is 24.5 Å². The van der Waals surface area contributed by atoms with Gasteiger partial charge in [-0.2, -0.15) is 26.3 Å². The van der Waals surface area contributed by atoms with Crippen LogP contribution in [-0.4, -0.2) is 95.2 Å². The second-order valence-electron chi connectivity index (χ2n) is 9.77. The van der Waals surface area contributed by atoms with Gasteiger partial charge in [0.25, 0.3) is 0 Å². The molecule has 0 bridgehead atoms. The normalized spacial score (nSPS) is 22.2. The van der Waals surface area contributed by atoms with Crippen molar-refractivity contribution in [3.8, 4) is 0 Å². The van der Waals surface area contributed by atoms with E-state index >= 15 is 0 Å². The summed E-state index contributed by atoms with van der Waals surface area (Å²) in [5.74, 6) is -4.83. The van der Waals surface area contributed by atoms with Crippen LogP contribution in [0.3, 0.4) is 0 Å². The number of alkyl halides is 6. The molecule has 8 nitrogen and oxygen atoms in total. The second-order valence-corrected chi connectivity index (χ2v) is 10.8. The molecule has 1 aromatic rings. The highest BCUT2D eigenvalue weighted by molar-refractivity contribution is 7.09. The lowest BCUT2D eigenvalue weighted by molar-refractivity contribution is -0.193. The molecular weight excluding hydrogens is 544 g/mol. The van der Waals surface area contributed by atoms with Crippen LogP contribution in [0.1, 0.15) is 42.8 Å². The molecule has 38 heavy (non-hydrogen) atoms. The zero-order valence-corrected chi connectivity index (χ0v) is 22.0. The number of aromatic nitrogens is 1. The number of carbonyl (C=O) groups is 2. The smallest absolute Gasteiger partial charge is 0.475 e. The molecule has 2 aliphatic heterocycles. The molecule has 0 radical (unpaired) electrons. The Balaban J connectivity index is 0.000000301. The molecule has 1 saturated carbocycles. The van der Waals surface area contributed by atoms with Gasteiger partial charge in [-0.15, -0.1) is 11.3 Å². The van der Waals surface area contributed by atoms with Crippen molar-refractivity contribution >= 4 is 23.3 Å². The highest BCUT2D eigenvalue weighted by Crippen LogP contribution is 2.46. The summed E-state index contributed by atoms with van der Waals surface area (Å²) < 4.78 is 69.1. The number of ether oxygens (including phenoxy) is 1. The van der Waals surface area contributed by atoms with Gasteiger partial charge in [0, 0.05) is 44.1 Å². The number of halogens is 6. The van der Waals surface area contributed by atoms with E-state index in [1.54, 1.807) is 11.3 Å². The molecule has 0 amide bonds. The summed E-state index contributed by atoms with van der Waals surface area (Å²) in [4.78, 5) is 27.9. The number of piperidine rings is 1. The molecule has 1 aromatic heterocycles. The van der Waals surface area contributed by atoms with Crippen molar-refractivity contribution in [3.05, 3.63) is 16.1 Å². The lowest BCUT2D eigenvalue weighted by Crippen LogP contribution is -2.50. The van der Waals surface area contributed by atoms with Gasteiger partial charge in [0.05, 0.1) is 17.3 Å². The number of carboxylic acids is 2. The maximum Gasteiger partial charge on any atom is 0.490 e. The molecule has 4 rings (SSSR count). The largest absolute Gasteiger partial charge is 0.490 e.